The van der Waals surface area contributed by atoms with Gasteiger partial charge < -0.3 is 29.2 Å². The molecule has 0 spiro atoms. The zero-order valence-electron chi connectivity index (χ0n) is 26.8. The fourth-order valence-corrected chi connectivity index (χ4v) is 4.98. The van der Waals surface area contributed by atoms with Crippen LogP contribution < -0.4 is 18.9 Å². The van der Waals surface area contributed by atoms with Crippen molar-refractivity contribution >= 4 is 11.9 Å². The van der Waals surface area contributed by atoms with E-state index in [4.69, 9.17) is 18.9 Å². The molecule has 2 aromatic rings. The van der Waals surface area contributed by atoms with Crippen LogP contribution in [0.5, 0.6) is 23.0 Å². The Morgan fingerprint density at radius 3 is 1.18 bits per heavy atom. The molecule has 0 aliphatic rings. The summed E-state index contributed by atoms with van der Waals surface area (Å²) >= 11 is 0. The number of hydrogen-bond acceptors (Lipinski definition) is 6. The number of benzene rings is 2. The van der Waals surface area contributed by atoms with Gasteiger partial charge in [0.15, 0.2) is 35.2 Å². The topological polar surface area (TPSA) is 112 Å². The molecule has 2 aromatic carbocycles. The first-order valence-corrected chi connectivity index (χ1v) is 16.7. The van der Waals surface area contributed by atoms with Crippen molar-refractivity contribution in [3.63, 3.8) is 0 Å². The average Bonchev–Trinajstić information content (AvgIpc) is 3.02. The highest BCUT2D eigenvalue weighted by atomic mass is 16.6. The number of para-hydroxylation sites is 4. The van der Waals surface area contributed by atoms with E-state index in [1.54, 1.807) is 48.5 Å². The number of carboxylic acid groups (broad SMARTS) is 2. The van der Waals surface area contributed by atoms with Gasteiger partial charge in [-0.25, -0.2) is 9.59 Å². The van der Waals surface area contributed by atoms with E-state index in [0.717, 1.165) is 38.5 Å². The summed E-state index contributed by atoms with van der Waals surface area (Å²) in [6, 6.07) is 14.1. The second-order valence-corrected chi connectivity index (χ2v) is 11.3. The van der Waals surface area contributed by atoms with Crippen molar-refractivity contribution in [2.45, 2.75) is 129 Å². The fourth-order valence-electron chi connectivity index (χ4n) is 4.98. The van der Waals surface area contributed by atoms with E-state index in [1.165, 1.54) is 51.4 Å². The molecule has 0 aliphatic carbocycles. The van der Waals surface area contributed by atoms with E-state index in [2.05, 4.69) is 13.8 Å². The molecule has 44 heavy (non-hydrogen) atoms. The Hall–Kier alpha value is -3.42. The standard InChI is InChI=1S/C36H54O8/c1-3-5-7-9-11-13-15-25-33(35(37)38)43-31-23-19-17-21-29(31)41-27-28-42-30-22-18-20-24-32(30)44-34(36(39)40)26-16-14-12-10-8-6-4-2/h17-24,33-34H,3-16,25-28H2,1-2H3,(H,37,38)(H,39,40). The number of unbranched alkanes of at least 4 members (excludes halogenated alkanes) is 12. The van der Waals surface area contributed by atoms with E-state index in [9.17, 15) is 19.8 Å². The molecule has 0 bridgehead atoms. The molecule has 8 heteroatoms. The van der Waals surface area contributed by atoms with Gasteiger partial charge in [-0.05, 0) is 49.9 Å². The number of aliphatic carboxylic acids is 2. The highest BCUT2D eigenvalue weighted by Gasteiger charge is 2.22. The second-order valence-electron chi connectivity index (χ2n) is 11.3. The Morgan fingerprint density at radius 2 is 0.841 bits per heavy atom. The van der Waals surface area contributed by atoms with Crippen molar-refractivity contribution in [1.29, 1.82) is 0 Å². The van der Waals surface area contributed by atoms with E-state index in [-0.39, 0.29) is 13.2 Å². The summed E-state index contributed by atoms with van der Waals surface area (Å²) in [5.41, 5.74) is 0. The van der Waals surface area contributed by atoms with E-state index >= 15 is 0 Å². The van der Waals surface area contributed by atoms with Crippen LogP contribution in [0.3, 0.4) is 0 Å². The van der Waals surface area contributed by atoms with Gasteiger partial charge in [0.05, 0.1) is 0 Å². The van der Waals surface area contributed by atoms with Crippen LogP contribution in [0.25, 0.3) is 0 Å². The van der Waals surface area contributed by atoms with E-state index in [1.807, 2.05) is 0 Å². The number of ether oxygens (including phenoxy) is 4. The Labute approximate surface area is 264 Å². The average molecular weight is 615 g/mol. The van der Waals surface area contributed by atoms with Crippen molar-refractivity contribution in [2.24, 2.45) is 0 Å². The van der Waals surface area contributed by atoms with Crippen molar-refractivity contribution in [3.05, 3.63) is 48.5 Å². The van der Waals surface area contributed by atoms with Crippen molar-refractivity contribution < 1.29 is 38.7 Å². The van der Waals surface area contributed by atoms with Gasteiger partial charge in [-0.15, -0.1) is 0 Å². The molecule has 0 amide bonds. The van der Waals surface area contributed by atoms with Crippen LogP contribution in [-0.4, -0.2) is 47.6 Å². The Bertz CT molecular complexity index is 972. The van der Waals surface area contributed by atoms with E-state index < -0.39 is 24.1 Å². The molecule has 0 aromatic heterocycles. The number of carboxylic acids is 2. The normalized spacial score (nSPS) is 12.3. The van der Waals surface area contributed by atoms with Crippen molar-refractivity contribution in [3.8, 4) is 23.0 Å². The Balaban J connectivity index is 1.84. The largest absolute Gasteiger partial charge is 0.486 e. The smallest absolute Gasteiger partial charge is 0.344 e. The molecule has 0 saturated carbocycles. The maximum Gasteiger partial charge on any atom is 0.344 e. The maximum atomic E-state index is 11.9. The molecule has 0 aliphatic heterocycles. The van der Waals surface area contributed by atoms with Gasteiger partial charge in [0.1, 0.15) is 13.2 Å². The number of rotatable bonds is 27. The quantitative estimate of drug-likeness (QED) is 0.0959. The first-order valence-electron chi connectivity index (χ1n) is 16.7. The van der Waals surface area contributed by atoms with Crippen molar-refractivity contribution in [2.75, 3.05) is 13.2 Å². The van der Waals surface area contributed by atoms with E-state index in [0.29, 0.717) is 35.8 Å². The third kappa shape index (κ3) is 15.3. The van der Waals surface area contributed by atoms with Gasteiger partial charge in [-0.2, -0.15) is 0 Å². The summed E-state index contributed by atoms with van der Waals surface area (Å²) in [6.45, 7) is 4.72. The SMILES string of the molecule is CCCCCCCCCC(Oc1ccccc1OCCOc1ccccc1OC(CCCCCCCCC)C(=O)O)C(=O)O. The van der Waals surface area contributed by atoms with Gasteiger partial charge >= 0.3 is 11.9 Å². The molecule has 2 unspecified atom stereocenters. The fraction of sp³-hybridized carbons (Fsp3) is 0.611. The molecule has 2 rings (SSSR count). The number of carbonyl (C=O) groups is 2. The van der Waals surface area contributed by atoms with Crippen LogP contribution >= 0.6 is 0 Å². The predicted molar refractivity (Wildman–Crippen MR) is 173 cm³/mol. The van der Waals surface area contributed by atoms with Crippen LogP contribution in [0.15, 0.2) is 48.5 Å². The molecule has 246 valence electrons. The first kappa shape index (κ1) is 36.8. The van der Waals surface area contributed by atoms with Gasteiger partial charge in [0.2, 0.25) is 0 Å². The minimum atomic E-state index is -0.989. The minimum absolute atomic E-state index is 0.171. The summed E-state index contributed by atoms with van der Waals surface area (Å²) < 4.78 is 23.6. The minimum Gasteiger partial charge on any atom is -0.486 e. The highest BCUT2D eigenvalue weighted by Crippen LogP contribution is 2.30. The second kappa shape index (κ2) is 23.0. The lowest BCUT2D eigenvalue weighted by Crippen LogP contribution is -2.27. The predicted octanol–water partition coefficient (Wildman–Crippen LogP) is 9.09. The van der Waals surface area contributed by atoms with Gasteiger partial charge in [0, 0.05) is 0 Å². The monoisotopic (exact) mass is 614 g/mol. The van der Waals surface area contributed by atoms with Crippen LogP contribution in [0.1, 0.15) is 117 Å². The highest BCUT2D eigenvalue weighted by molar-refractivity contribution is 5.73. The summed E-state index contributed by atoms with van der Waals surface area (Å²) in [5, 5.41) is 19.5. The number of hydrogen-bond donors (Lipinski definition) is 2. The summed E-state index contributed by atoms with van der Waals surface area (Å²) in [6.07, 6.45) is 14.5. The van der Waals surface area contributed by atoms with Gasteiger partial charge in [-0.3, -0.25) is 0 Å². The summed E-state index contributed by atoms with van der Waals surface area (Å²) in [7, 11) is 0. The Morgan fingerprint density at radius 1 is 0.523 bits per heavy atom. The zero-order chi connectivity index (χ0) is 31.8. The molecule has 0 heterocycles. The van der Waals surface area contributed by atoms with Crippen LogP contribution in [0.2, 0.25) is 0 Å². The van der Waals surface area contributed by atoms with Crippen LogP contribution in [0.4, 0.5) is 0 Å². The molecule has 2 N–H and O–H groups in total. The molecule has 0 radical (unpaired) electrons. The summed E-state index contributed by atoms with van der Waals surface area (Å²) in [5.74, 6) is -0.351. The third-order valence-electron chi connectivity index (χ3n) is 7.53. The third-order valence-corrected chi connectivity index (χ3v) is 7.53. The Kier molecular flexibility index (Phi) is 19.2. The molecular weight excluding hydrogens is 560 g/mol. The molecular formula is C36H54O8. The van der Waals surface area contributed by atoms with Gasteiger partial charge in [-0.1, -0.05) is 115 Å². The lowest BCUT2D eigenvalue weighted by atomic mass is 10.1. The lowest BCUT2D eigenvalue weighted by Gasteiger charge is -2.19. The maximum absolute atomic E-state index is 11.9. The van der Waals surface area contributed by atoms with Crippen LogP contribution in [0, 0.1) is 0 Å². The summed E-state index contributed by atoms with van der Waals surface area (Å²) in [4.78, 5) is 23.8. The molecule has 2 atom stereocenters. The zero-order valence-corrected chi connectivity index (χ0v) is 26.8. The first-order chi connectivity index (χ1) is 21.5. The van der Waals surface area contributed by atoms with Gasteiger partial charge in [0.25, 0.3) is 0 Å². The lowest BCUT2D eigenvalue weighted by molar-refractivity contribution is -0.146. The molecule has 8 nitrogen and oxygen atoms in total. The van der Waals surface area contributed by atoms with Crippen LogP contribution in [-0.2, 0) is 9.59 Å². The molecule has 0 fully saturated rings. The van der Waals surface area contributed by atoms with Crippen molar-refractivity contribution in [1.82, 2.24) is 0 Å². The molecule has 0 saturated heterocycles.